The van der Waals surface area contributed by atoms with E-state index in [1.807, 2.05) is 80.6 Å². The van der Waals surface area contributed by atoms with Crippen LogP contribution in [0, 0.1) is 13.8 Å². The summed E-state index contributed by atoms with van der Waals surface area (Å²) in [5.41, 5.74) is 7.05. The molecule has 2 amide bonds. The van der Waals surface area contributed by atoms with Gasteiger partial charge in [-0.2, -0.15) is 0 Å². The van der Waals surface area contributed by atoms with Crippen LogP contribution in [0.3, 0.4) is 0 Å². The van der Waals surface area contributed by atoms with Crippen LogP contribution in [0.2, 0.25) is 0 Å². The second-order valence-corrected chi connectivity index (χ2v) is 12.1. The van der Waals surface area contributed by atoms with Gasteiger partial charge in [0.2, 0.25) is 0 Å². The molecule has 3 N–H and O–H groups in total. The van der Waals surface area contributed by atoms with Crippen LogP contribution in [0.1, 0.15) is 58.2 Å². The number of rotatable bonds is 7. The third-order valence-corrected chi connectivity index (χ3v) is 7.75. The molecule has 1 heterocycles. The molecule has 8 nitrogen and oxygen atoms in total. The van der Waals surface area contributed by atoms with Gasteiger partial charge in [-0.1, -0.05) is 63.2 Å². The van der Waals surface area contributed by atoms with Crippen LogP contribution < -0.4 is 21.5 Å². The summed E-state index contributed by atoms with van der Waals surface area (Å²) < 4.78 is 1.47. The zero-order chi connectivity index (χ0) is 32.3. The smallest absolute Gasteiger partial charge is 0.293 e. The lowest BCUT2D eigenvalue weighted by molar-refractivity contribution is 0.101. The fourth-order valence-electron chi connectivity index (χ4n) is 4.93. The quantitative estimate of drug-likeness (QED) is 0.179. The van der Waals surface area contributed by atoms with Crippen molar-refractivity contribution in [3.05, 3.63) is 135 Å². The molecule has 0 atom stereocenters. The molecule has 4 aromatic carbocycles. The molecule has 0 fully saturated rings. The van der Waals surface area contributed by atoms with E-state index in [2.05, 4.69) is 41.7 Å². The van der Waals surface area contributed by atoms with Crippen molar-refractivity contribution < 1.29 is 9.59 Å². The summed E-state index contributed by atoms with van der Waals surface area (Å²) in [5, 5.41) is 9.05. The summed E-state index contributed by atoms with van der Waals surface area (Å²) in [4.78, 5) is 43.5. The molecule has 0 aliphatic heterocycles. The largest absolute Gasteiger partial charge is 0.336 e. The topological polar surface area (TPSA) is 105 Å². The SMILES string of the molecule is Cc1ccccc1NC(=O)c1ccc(Nc2nc(-c3cccc(NC(=O)c4ccc(C(C)(C)C)cc4)c3C)cn(C)c2=O)cc1. The number of hydrogen-bond acceptors (Lipinski definition) is 5. The second-order valence-electron chi connectivity index (χ2n) is 12.1. The first-order valence-electron chi connectivity index (χ1n) is 14.7. The maximum atomic E-state index is 13.1. The lowest BCUT2D eigenvalue weighted by Crippen LogP contribution is -2.21. The minimum atomic E-state index is -0.305. The van der Waals surface area contributed by atoms with Crippen LogP contribution in [0.15, 0.2) is 102 Å². The van der Waals surface area contributed by atoms with Gasteiger partial charge in [-0.15, -0.1) is 0 Å². The Labute approximate surface area is 263 Å². The minimum Gasteiger partial charge on any atom is -0.336 e. The molecule has 1 aromatic heterocycles. The molecule has 8 heteroatoms. The van der Waals surface area contributed by atoms with E-state index in [4.69, 9.17) is 0 Å². The summed E-state index contributed by atoms with van der Waals surface area (Å²) in [7, 11) is 1.67. The molecule has 0 aliphatic carbocycles. The zero-order valence-corrected chi connectivity index (χ0v) is 26.4. The van der Waals surface area contributed by atoms with Gasteiger partial charge in [-0.3, -0.25) is 14.4 Å². The lowest BCUT2D eigenvalue weighted by atomic mass is 9.86. The average molecular weight is 600 g/mol. The molecule has 0 unspecified atom stereocenters. The van der Waals surface area contributed by atoms with Crippen LogP contribution in [0.25, 0.3) is 11.3 Å². The highest BCUT2D eigenvalue weighted by Crippen LogP contribution is 2.29. The van der Waals surface area contributed by atoms with Crippen molar-refractivity contribution >= 4 is 34.7 Å². The summed E-state index contributed by atoms with van der Waals surface area (Å²) in [6, 6.07) is 27.7. The van der Waals surface area contributed by atoms with Crippen molar-refractivity contribution in [1.82, 2.24) is 9.55 Å². The molecule has 5 aromatic rings. The van der Waals surface area contributed by atoms with Gasteiger partial charge in [0.15, 0.2) is 5.82 Å². The van der Waals surface area contributed by atoms with Crippen molar-refractivity contribution in [2.45, 2.75) is 40.0 Å². The molecule has 0 spiro atoms. The minimum absolute atomic E-state index is 0.00181. The summed E-state index contributed by atoms with van der Waals surface area (Å²) >= 11 is 0. The number of carbonyl (C=O) groups excluding carboxylic acids is 2. The third kappa shape index (κ3) is 7.02. The van der Waals surface area contributed by atoms with Gasteiger partial charge >= 0.3 is 0 Å². The first-order chi connectivity index (χ1) is 21.4. The van der Waals surface area contributed by atoms with Crippen molar-refractivity contribution in [2.75, 3.05) is 16.0 Å². The first kappa shape index (κ1) is 30.9. The molecule has 0 aliphatic rings. The van der Waals surface area contributed by atoms with Gasteiger partial charge in [0.25, 0.3) is 17.4 Å². The Kier molecular flexibility index (Phi) is 8.68. The third-order valence-electron chi connectivity index (χ3n) is 7.75. The molecule has 0 radical (unpaired) electrons. The highest BCUT2D eigenvalue weighted by Gasteiger charge is 2.17. The van der Waals surface area contributed by atoms with E-state index in [-0.39, 0.29) is 28.6 Å². The monoisotopic (exact) mass is 599 g/mol. The van der Waals surface area contributed by atoms with Crippen LogP contribution in [-0.2, 0) is 12.5 Å². The number of nitrogens with zero attached hydrogens (tertiary/aromatic N) is 2. The number of benzene rings is 4. The molecule has 0 saturated heterocycles. The first-order valence-corrected chi connectivity index (χ1v) is 14.7. The maximum Gasteiger partial charge on any atom is 0.293 e. The van der Waals surface area contributed by atoms with E-state index in [0.29, 0.717) is 28.2 Å². The van der Waals surface area contributed by atoms with Crippen LogP contribution in [-0.4, -0.2) is 21.4 Å². The Morgan fingerprint density at radius 2 is 1.31 bits per heavy atom. The van der Waals surface area contributed by atoms with Crippen molar-refractivity contribution in [3.8, 4) is 11.3 Å². The number of carbonyl (C=O) groups is 2. The number of nitrogens with one attached hydrogen (secondary N) is 3. The van der Waals surface area contributed by atoms with Crippen molar-refractivity contribution in [3.63, 3.8) is 0 Å². The normalized spacial score (nSPS) is 11.2. The molecule has 228 valence electrons. The Morgan fingerprint density at radius 3 is 1.93 bits per heavy atom. The van der Waals surface area contributed by atoms with Crippen molar-refractivity contribution in [2.24, 2.45) is 7.05 Å². The number of aryl methyl sites for hydroxylation is 2. The maximum absolute atomic E-state index is 13.1. The number of amides is 2. The number of anilines is 4. The van der Waals surface area contributed by atoms with E-state index in [1.165, 1.54) is 4.57 Å². The van der Waals surface area contributed by atoms with Crippen LogP contribution in [0.5, 0.6) is 0 Å². The van der Waals surface area contributed by atoms with E-state index < -0.39 is 0 Å². The Bertz CT molecular complexity index is 1940. The summed E-state index contributed by atoms with van der Waals surface area (Å²) in [6.45, 7) is 10.3. The average Bonchev–Trinajstić information content (AvgIpc) is 3.01. The number of hydrogen-bond donors (Lipinski definition) is 3. The van der Waals surface area contributed by atoms with Gasteiger partial charge in [-0.25, -0.2) is 4.98 Å². The molecular weight excluding hydrogens is 562 g/mol. The zero-order valence-electron chi connectivity index (χ0n) is 26.4. The Morgan fingerprint density at radius 1 is 0.733 bits per heavy atom. The summed E-state index contributed by atoms with van der Waals surface area (Å²) in [6.07, 6.45) is 1.67. The number of aromatic nitrogens is 2. The predicted molar refractivity (Wildman–Crippen MR) is 182 cm³/mol. The molecule has 45 heavy (non-hydrogen) atoms. The Balaban J connectivity index is 1.35. The van der Waals surface area contributed by atoms with Gasteiger partial charge in [0.05, 0.1) is 5.69 Å². The summed E-state index contributed by atoms with van der Waals surface area (Å²) in [5.74, 6) is -0.293. The van der Waals surface area contributed by atoms with Crippen LogP contribution in [0.4, 0.5) is 22.9 Å². The van der Waals surface area contributed by atoms with Gasteiger partial charge in [0, 0.05) is 47.0 Å². The lowest BCUT2D eigenvalue weighted by Gasteiger charge is -2.19. The van der Waals surface area contributed by atoms with E-state index in [1.54, 1.807) is 37.5 Å². The van der Waals surface area contributed by atoms with Gasteiger partial charge < -0.3 is 20.5 Å². The fourth-order valence-corrected chi connectivity index (χ4v) is 4.93. The van der Waals surface area contributed by atoms with Crippen LogP contribution >= 0.6 is 0 Å². The second kappa shape index (κ2) is 12.6. The van der Waals surface area contributed by atoms with E-state index in [9.17, 15) is 14.4 Å². The van der Waals surface area contributed by atoms with Gasteiger partial charge in [0.1, 0.15) is 0 Å². The van der Waals surface area contributed by atoms with Gasteiger partial charge in [-0.05, 0) is 84.5 Å². The highest BCUT2D eigenvalue weighted by molar-refractivity contribution is 6.05. The molecule has 5 rings (SSSR count). The van der Waals surface area contributed by atoms with E-state index >= 15 is 0 Å². The predicted octanol–water partition coefficient (Wildman–Crippen LogP) is 7.61. The van der Waals surface area contributed by atoms with E-state index in [0.717, 1.165) is 27.9 Å². The Hall–Kier alpha value is -5.50. The fraction of sp³-hybridized carbons (Fsp3) is 0.189. The standard InChI is InChI=1S/C37H37N5O3/c1-23-10-7-8-12-30(23)40-34(43)26-16-20-28(21-17-26)38-33-36(45)42(6)22-32(39-33)29-11-9-13-31(24(29)2)41-35(44)25-14-18-27(19-15-25)37(3,4)5/h7-22H,1-6H3,(H,38,39)(H,40,43)(H,41,44). The van der Waals surface area contributed by atoms with Crippen molar-refractivity contribution in [1.29, 1.82) is 0 Å². The molecule has 0 bridgehead atoms. The number of para-hydroxylation sites is 1. The molecular formula is C37H37N5O3. The molecule has 0 saturated carbocycles. The highest BCUT2D eigenvalue weighted by atomic mass is 16.2.